The van der Waals surface area contributed by atoms with Crippen LogP contribution in [0.2, 0.25) is 0 Å². The third-order valence-electron chi connectivity index (χ3n) is 3.97. The van der Waals surface area contributed by atoms with Crippen LogP contribution in [0.1, 0.15) is 9.67 Å². The van der Waals surface area contributed by atoms with Crippen LogP contribution in [0.15, 0.2) is 87.6 Å². The summed E-state index contributed by atoms with van der Waals surface area (Å²) in [6, 6.07) is 20.8. The molecule has 2 heterocycles. The molecule has 1 N–H and O–H groups in total. The lowest BCUT2D eigenvalue weighted by Crippen LogP contribution is -2.30. The van der Waals surface area contributed by atoms with Gasteiger partial charge in [0.15, 0.2) is 10.7 Å². The van der Waals surface area contributed by atoms with E-state index < -0.39 is 15.9 Å². The standard InChI is InChI=1S/C20H14N2O4S2/c23-20(16-12-7-13-27-16)22-28(24,25)19-17(14-8-3-1-4-9-14)21-26-18(19)15-10-5-2-6-11-15/h1-13H,(H,22,23). The van der Waals surface area contributed by atoms with E-state index in [1.165, 1.54) is 0 Å². The van der Waals surface area contributed by atoms with Crippen molar-refractivity contribution in [3.8, 4) is 22.6 Å². The first-order valence-corrected chi connectivity index (χ1v) is 10.6. The maximum Gasteiger partial charge on any atom is 0.275 e. The van der Waals surface area contributed by atoms with Gasteiger partial charge in [-0.25, -0.2) is 13.1 Å². The fraction of sp³-hybridized carbons (Fsp3) is 0. The summed E-state index contributed by atoms with van der Waals surface area (Å²) in [5, 5.41) is 5.70. The number of sulfonamides is 1. The third-order valence-corrected chi connectivity index (χ3v) is 6.21. The Bertz CT molecular complexity index is 1140. The minimum absolute atomic E-state index is 0.0749. The highest BCUT2D eigenvalue weighted by Gasteiger charge is 2.31. The third kappa shape index (κ3) is 3.47. The van der Waals surface area contributed by atoms with E-state index in [1.807, 2.05) is 12.1 Å². The monoisotopic (exact) mass is 410 g/mol. The molecule has 2 aromatic heterocycles. The molecule has 0 saturated carbocycles. The van der Waals surface area contributed by atoms with Gasteiger partial charge in [0.2, 0.25) is 0 Å². The molecule has 1 amide bonds. The predicted molar refractivity (Wildman–Crippen MR) is 106 cm³/mol. The topological polar surface area (TPSA) is 89.3 Å². The van der Waals surface area contributed by atoms with Crippen LogP contribution in [-0.2, 0) is 10.0 Å². The molecule has 28 heavy (non-hydrogen) atoms. The molecule has 8 heteroatoms. The Balaban J connectivity index is 1.86. The van der Waals surface area contributed by atoms with Crippen LogP contribution < -0.4 is 4.72 Å². The summed E-state index contributed by atoms with van der Waals surface area (Å²) in [5.41, 5.74) is 1.25. The van der Waals surface area contributed by atoms with Crippen molar-refractivity contribution in [2.45, 2.75) is 4.90 Å². The van der Waals surface area contributed by atoms with Crippen LogP contribution in [0.4, 0.5) is 0 Å². The van der Waals surface area contributed by atoms with Gasteiger partial charge in [-0.3, -0.25) is 4.79 Å². The molecular formula is C20H14N2O4S2. The highest BCUT2D eigenvalue weighted by Crippen LogP contribution is 2.35. The number of amides is 1. The zero-order valence-electron chi connectivity index (χ0n) is 14.4. The summed E-state index contributed by atoms with van der Waals surface area (Å²) >= 11 is 1.15. The molecule has 0 spiro atoms. The number of hydrogen-bond donors (Lipinski definition) is 1. The van der Waals surface area contributed by atoms with Gasteiger partial charge in [0.25, 0.3) is 15.9 Å². The van der Waals surface area contributed by atoms with Crippen molar-refractivity contribution in [1.82, 2.24) is 9.88 Å². The van der Waals surface area contributed by atoms with Crippen LogP contribution in [0.25, 0.3) is 22.6 Å². The first kappa shape index (κ1) is 18.1. The summed E-state index contributed by atoms with van der Waals surface area (Å²) in [7, 11) is -4.25. The number of nitrogens with one attached hydrogen (secondary N) is 1. The molecule has 6 nitrogen and oxygen atoms in total. The lowest BCUT2D eigenvalue weighted by atomic mass is 10.1. The largest absolute Gasteiger partial charge is 0.354 e. The summed E-state index contributed by atoms with van der Waals surface area (Å²) in [6.07, 6.45) is 0. The van der Waals surface area contributed by atoms with E-state index in [2.05, 4.69) is 9.88 Å². The summed E-state index contributed by atoms with van der Waals surface area (Å²) in [4.78, 5) is 12.5. The van der Waals surface area contributed by atoms with E-state index >= 15 is 0 Å². The van der Waals surface area contributed by atoms with Gasteiger partial charge in [0.05, 0.1) is 4.88 Å². The van der Waals surface area contributed by atoms with Gasteiger partial charge < -0.3 is 4.52 Å². The lowest BCUT2D eigenvalue weighted by molar-refractivity contribution is 0.0985. The molecule has 0 aliphatic carbocycles. The Hall–Kier alpha value is -3.23. The average molecular weight is 410 g/mol. The van der Waals surface area contributed by atoms with Crippen molar-refractivity contribution in [1.29, 1.82) is 0 Å². The first-order chi connectivity index (χ1) is 13.6. The van der Waals surface area contributed by atoms with E-state index in [0.29, 0.717) is 16.0 Å². The number of rotatable bonds is 5. The maximum atomic E-state index is 13.2. The zero-order valence-corrected chi connectivity index (χ0v) is 16.0. The van der Waals surface area contributed by atoms with E-state index in [4.69, 9.17) is 4.52 Å². The fourth-order valence-electron chi connectivity index (χ4n) is 2.72. The average Bonchev–Trinajstić information content (AvgIpc) is 3.39. The SMILES string of the molecule is O=C(NS(=O)(=O)c1c(-c2ccccc2)noc1-c1ccccc1)c1cccs1. The van der Waals surface area contributed by atoms with Gasteiger partial charge in [-0.2, -0.15) is 0 Å². The Morgan fingerprint density at radius 1 is 0.893 bits per heavy atom. The summed E-state index contributed by atoms with van der Waals surface area (Å²) < 4.78 is 33.9. The molecule has 2 aromatic carbocycles. The van der Waals surface area contributed by atoms with Gasteiger partial charge in [-0.05, 0) is 11.4 Å². The highest BCUT2D eigenvalue weighted by atomic mass is 32.2. The van der Waals surface area contributed by atoms with Crippen molar-refractivity contribution in [3.05, 3.63) is 83.1 Å². The second kappa shape index (κ2) is 7.41. The number of aromatic nitrogens is 1. The highest BCUT2D eigenvalue weighted by molar-refractivity contribution is 7.90. The number of benzene rings is 2. The fourth-order valence-corrected chi connectivity index (χ4v) is 4.66. The quantitative estimate of drug-likeness (QED) is 0.533. The molecule has 0 radical (unpaired) electrons. The number of nitrogens with zero attached hydrogens (tertiary/aromatic N) is 1. The molecular weight excluding hydrogens is 396 g/mol. The van der Waals surface area contributed by atoms with Crippen molar-refractivity contribution in [2.24, 2.45) is 0 Å². The minimum Gasteiger partial charge on any atom is -0.354 e. The second-order valence-corrected chi connectivity index (χ2v) is 8.40. The van der Waals surface area contributed by atoms with Crippen molar-refractivity contribution in [3.63, 3.8) is 0 Å². The van der Waals surface area contributed by atoms with Crippen molar-refractivity contribution >= 4 is 27.3 Å². The Kier molecular flexibility index (Phi) is 4.81. The van der Waals surface area contributed by atoms with Crippen molar-refractivity contribution < 1.29 is 17.7 Å². The van der Waals surface area contributed by atoms with Crippen LogP contribution in [0, 0.1) is 0 Å². The smallest absolute Gasteiger partial charge is 0.275 e. The van der Waals surface area contributed by atoms with Gasteiger partial charge in [0, 0.05) is 11.1 Å². The first-order valence-electron chi connectivity index (χ1n) is 8.27. The number of carbonyl (C=O) groups is 1. The van der Waals surface area contributed by atoms with E-state index in [9.17, 15) is 13.2 Å². The number of thiophene rings is 1. The molecule has 0 saturated heterocycles. The number of hydrogen-bond acceptors (Lipinski definition) is 6. The van der Waals surface area contributed by atoms with Crippen molar-refractivity contribution in [2.75, 3.05) is 0 Å². The molecule has 4 rings (SSSR count). The summed E-state index contributed by atoms with van der Waals surface area (Å²) in [6.45, 7) is 0. The van der Waals surface area contributed by atoms with Gasteiger partial charge in [-0.1, -0.05) is 71.9 Å². The molecule has 140 valence electrons. The molecule has 4 aromatic rings. The van der Waals surface area contributed by atoms with Crippen LogP contribution in [0.3, 0.4) is 0 Å². The predicted octanol–water partition coefficient (Wildman–Crippen LogP) is 4.19. The Morgan fingerprint density at radius 3 is 2.14 bits per heavy atom. The Morgan fingerprint density at radius 2 is 1.54 bits per heavy atom. The van der Waals surface area contributed by atoms with Crippen LogP contribution in [0.5, 0.6) is 0 Å². The van der Waals surface area contributed by atoms with Crippen LogP contribution in [-0.4, -0.2) is 19.5 Å². The van der Waals surface area contributed by atoms with Gasteiger partial charge in [-0.15, -0.1) is 11.3 Å². The van der Waals surface area contributed by atoms with E-state index in [-0.39, 0.29) is 16.3 Å². The molecule has 0 aliphatic rings. The summed E-state index contributed by atoms with van der Waals surface area (Å²) in [5.74, 6) is -0.625. The van der Waals surface area contributed by atoms with Gasteiger partial charge >= 0.3 is 0 Å². The lowest BCUT2D eigenvalue weighted by Gasteiger charge is -2.08. The normalized spacial score (nSPS) is 11.3. The minimum atomic E-state index is -4.25. The number of carbonyl (C=O) groups excluding carboxylic acids is 1. The molecule has 0 unspecified atom stereocenters. The molecule has 0 bridgehead atoms. The maximum absolute atomic E-state index is 13.2. The van der Waals surface area contributed by atoms with Gasteiger partial charge in [0.1, 0.15) is 5.69 Å². The van der Waals surface area contributed by atoms with E-state index in [1.54, 1.807) is 66.0 Å². The Labute approximate surface area is 165 Å². The zero-order chi connectivity index (χ0) is 19.6. The molecule has 0 aliphatic heterocycles. The second-order valence-electron chi connectivity index (χ2n) is 5.83. The van der Waals surface area contributed by atoms with E-state index in [0.717, 1.165) is 11.3 Å². The van der Waals surface area contributed by atoms with Crippen LogP contribution >= 0.6 is 11.3 Å². The molecule has 0 atom stereocenters. The molecule has 0 fully saturated rings.